The van der Waals surface area contributed by atoms with Crippen LogP contribution in [0.1, 0.15) is 0 Å². The van der Waals surface area contributed by atoms with Crippen LogP contribution in [0.2, 0.25) is 0 Å². The normalized spacial score (nSPS) is 10.9. The van der Waals surface area contributed by atoms with Crippen molar-refractivity contribution in [3.05, 3.63) is 103 Å². The van der Waals surface area contributed by atoms with Crippen molar-refractivity contribution in [1.29, 1.82) is 0 Å². The van der Waals surface area contributed by atoms with Crippen LogP contribution in [-0.4, -0.2) is 21.9 Å². The van der Waals surface area contributed by atoms with E-state index < -0.39 is 0 Å². The molecule has 0 saturated heterocycles. The van der Waals surface area contributed by atoms with E-state index in [2.05, 4.69) is 10.2 Å². The zero-order chi connectivity index (χ0) is 21.8. The summed E-state index contributed by atoms with van der Waals surface area (Å²) in [6.07, 6.45) is 0. The zero-order valence-corrected chi connectivity index (χ0v) is 17.9. The number of hydrogen-bond acceptors (Lipinski definition) is 5. The number of para-hydroxylation sites is 2. The number of amides is 1. The first-order valence-electron chi connectivity index (χ1n) is 10.2. The fraction of sp³-hybridized carbons (Fsp3) is 0.0385. The van der Waals surface area contributed by atoms with Crippen molar-refractivity contribution in [2.45, 2.75) is 5.22 Å². The molecule has 156 valence electrons. The molecule has 0 unspecified atom stereocenters. The molecule has 0 radical (unpaired) electrons. The second-order valence-corrected chi connectivity index (χ2v) is 8.02. The van der Waals surface area contributed by atoms with Crippen LogP contribution in [0.3, 0.4) is 0 Å². The number of hydrogen-bond donors (Lipinski definition) is 0. The second kappa shape index (κ2) is 9.08. The maximum Gasteiger partial charge on any atom is 0.277 e. The van der Waals surface area contributed by atoms with Crippen molar-refractivity contribution < 1.29 is 9.21 Å². The van der Waals surface area contributed by atoms with E-state index in [0.29, 0.717) is 11.1 Å². The molecule has 6 heteroatoms. The van der Waals surface area contributed by atoms with E-state index >= 15 is 0 Å². The quantitative estimate of drug-likeness (QED) is 0.290. The Bertz CT molecular complexity index is 1310. The standard InChI is InChI=1S/C26H19N3O2S/c30-24(29(20-12-3-1-4-13-20)21-14-5-2-6-15-21)18-32-26-28-27-25(31-26)23-17-9-11-19-10-7-8-16-22(19)23/h1-17H,18H2. The van der Waals surface area contributed by atoms with Crippen molar-refractivity contribution in [2.75, 3.05) is 10.7 Å². The Morgan fingerprint density at radius 3 is 2.09 bits per heavy atom. The number of carbonyl (C=O) groups is 1. The topological polar surface area (TPSA) is 59.2 Å². The van der Waals surface area contributed by atoms with Crippen LogP contribution < -0.4 is 4.90 Å². The highest BCUT2D eigenvalue weighted by Gasteiger charge is 2.20. The Balaban J connectivity index is 1.36. The fourth-order valence-corrected chi connectivity index (χ4v) is 4.18. The molecule has 0 saturated carbocycles. The monoisotopic (exact) mass is 437 g/mol. The molecule has 5 rings (SSSR count). The molecule has 5 aromatic rings. The molecular formula is C26H19N3O2S. The lowest BCUT2D eigenvalue weighted by atomic mass is 10.0. The highest BCUT2D eigenvalue weighted by molar-refractivity contribution is 7.99. The van der Waals surface area contributed by atoms with Gasteiger partial charge in [0.05, 0.1) is 5.75 Å². The predicted molar refractivity (Wildman–Crippen MR) is 128 cm³/mol. The van der Waals surface area contributed by atoms with E-state index in [1.165, 1.54) is 11.8 Å². The van der Waals surface area contributed by atoms with E-state index in [0.717, 1.165) is 27.7 Å². The number of fused-ring (bicyclic) bond motifs is 1. The van der Waals surface area contributed by atoms with Gasteiger partial charge in [-0.3, -0.25) is 9.69 Å². The van der Waals surface area contributed by atoms with Gasteiger partial charge in [0, 0.05) is 16.9 Å². The zero-order valence-electron chi connectivity index (χ0n) is 17.1. The van der Waals surface area contributed by atoms with Gasteiger partial charge in [-0.05, 0) is 41.1 Å². The maximum atomic E-state index is 13.2. The van der Waals surface area contributed by atoms with Crippen molar-refractivity contribution in [2.24, 2.45) is 0 Å². The SMILES string of the molecule is O=C(CSc1nnc(-c2cccc3ccccc23)o1)N(c1ccccc1)c1ccccc1. The Morgan fingerprint density at radius 1 is 0.750 bits per heavy atom. The average Bonchev–Trinajstić information content (AvgIpc) is 3.33. The Morgan fingerprint density at radius 2 is 1.38 bits per heavy atom. The highest BCUT2D eigenvalue weighted by Crippen LogP contribution is 2.31. The van der Waals surface area contributed by atoms with E-state index in [9.17, 15) is 4.79 Å². The molecule has 0 bridgehead atoms. The molecule has 0 spiro atoms. The lowest BCUT2D eigenvalue weighted by molar-refractivity contribution is -0.115. The summed E-state index contributed by atoms with van der Waals surface area (Å²) in [4.78, 5) is 14.9. The van der Waals surface area contributed by atoms with Gasteiger partial charge in [0.1, 0.15) is 0 Å². The van der Waals surface area contributed by atoms with E-state index in [1.54, 1.807) is 4.90 Å². The Hall–Kier alpha value is -3.90. The molecule has 0 aliphatic heterocycles. The summed E-state index contributed by atoms with van der Waals surface area (Å²) in [5, 5.41) is 10.9. The number of thioether (sulfide) groups is 1. The summed E-state index contributed by atoms with van der Waals surface area (Å²) in [6.45, 7) is 0. The van der Waals surface area contributed by atoms with Gasteiger partial charge < -0.3 is 4.42 Å². The van der Waals surface area contributed by atoms with Crippen LogP contribution in [-0.2, 0) is 4.79 Å². The molecule has 0 N–H and O–H groups in total. The van der Waals surface area contributed by atoms with Crippen LogP contribution in [0.15, 0.2) is 113 Å². The number of carbonyl (C=O) groups excluding carboxylic acids is 1. The number of anilines is 2. The molecule has 5 nitrogen and oxygen atoms in total. The second-order valence-electron chi connectivity index (χ2n) is 7.09. The molecule has 1 heterocycles. The van der Waals surface area contributed by atoms with Gasteiger partial charge >= 0.3 is 0 Å². The summed E-state index contributed by atoms with van der Waals surface area (Å²) in [5.74, 6) is 0.540. The molecule has 1 amide bonds. The predicted octanol–water partition coefficient (Wildman–Crippen LogP) is 6.35. The third-order valence-electron chi connectivity index (χ3n) is 5.02. The molecule has 32 heavy (non-hydrogen) atoms. The molecule has 0 atom stereocenters. The van der Waals surface area contributed by atoms with Gasteiger partial charge in [0.25, 0.3) is 5.22 Å². The molecule has 4 aromatic carbocycles. The summed E-state index contributed by atoms with van der Waals surface area (Å²) in [7, 11) is 0. The minimum absolute atomic E-state index is 0.0719. The first-order chi connectivity index (χ1) is 15.8. The molecule has 0 aliphatic rings. The number of rotatable bonds is 6. The maximum absolute atomic E-state index is 13.2. The Labute approximate surface area is 189 Å². The van der Waals surface area contributed by atoms with Gasteiger partial charge in [0.15, 0.2) is 0 Å². The summed E-state index contributed by atoms with van der Waals surface area (Å²) in [6, 6.07) is 33.2. The summed E-state index contributed by atoms with van der Waals surface area (Å²) < 4.78 is 5.89. The van der Waals surface area contributed by atoms with E-state index in [1.807, 2.05) is 103 Å². The summed E-state index contributed by atoms with van der Waals surface area (Å²) >= 11 is 1.24. The van der Waals surface area contributed by atoms with E-state index in [4.69, 9.17) is 4.42 Å². The van der Waals surface area contributed by atoms with Gasteiger partial charge in [-0.25, -0.2) is 0 Å². The molecular weight excluding hydrogens is 418 g/mol. The van der Waals surface area contributed by atoms with Gasteiger partial charge in [-0.15, -0.1) is 10.2 Å². The van der Waals surface area contributed by atoms with Crippen LogP contribution >= 0.6 is 11.8 Å². The van der Waals surface area contributed by atoms with Crippen LogP contribution in [0.4, 0.5) is 11.4 Å². The fourth-order valence-electron chi connectivity index (χ4n) is 3.57. The van der Waals surface area contributed by atoms with Crippen molar-refractivity contribution >= 4 is 39.8 Å². The van der Waals surface area contributed by atoms with Crippen molar-refractivity contribution in [3.63, 3.8) is 0 Å². The first-order valence-corrected chi connectivity index (χ1v) is 11.2. The van der Waals surface area contributed by atoms with Gasteiger partial charge in [0.2, 0.25) is 11.8 Å². The van der Waals surface area contributed by atoms with Crippen LogP contribution in [0.25, 0.3) is 22.2 Å². The third-order valence-corrected chi connectivity index (χ3v) is 5.83. The average molecular weight is 438 g/mol. The van der Waals surface area contributed by atoms with Crippen molar-refractivity contribution in [3.8, 4) is 11.5 Å². The van der Waals surface area contributed by atoms with Gasteiger partial charge in [-0.2, -0.15) is 0 Å². The Kier molecular flexibility index (Phi) is 5.68. The highest BCUT2D eigenvalue weighted by atomic mass is 32.2. The summed E-state index contributed by atoms with van der Waals surface area (Å²) in [5.41, 5.74) is 2.50. The van der Waals surface area contributed by atoms with Crippen LogP contribution in [0.5, 0.6) is 0 Å². The molecule has 0 aliphatic carbocycles. The molecule has 0 fully saturated rings. The van der Waals surface area contributed by atoms with Gasteiger partial charge in [-0.1, -0.05) is 84.6 Å². The molecule has 1 aromatic heterocycles. The van der Waals surface area contributed by atoms with Crippen molar-refractivity contribution in [1.82, 2.24) is 10.2 Å². The van der Waals surface area contributed by atoms with Crippen LogP contribution in [0, 0.1) is 0 Å². The minimum Gasteiger partial charge on any atom is -0.411 e. The number of benzene rings is 4. The van der Waals surface area contributed by atoms with E-state index in [-0.39, 0.29) is 11.7 Å². The first kappa shape index (κ1) is 20.0. The third kappa shape index (κ3) is 4.13. The number of nitrogens with zero attached hydrogens (tertiary/aromatic N) is 3. The lowest BCUT2D eigenvalue weighted by Crippen LogP contribution is -2.27. The number of aromatic nitrogens is 2. The lowest BCUT2D eigenvalue weighted by Gasteiger charge is -2.22. The minimum atomic E-state index is -0.0719. The smallest absolute Gasteiger partial charge is 0.277 e. The largest absolute Gasteiger partial charge is 0.411 e.